The van der Waals surface area contributed by atoms with Gasteiger partial charge >= 0.3 is 12.1 Å². The summed E-state index contributed by atoms with van der Waals surface area (Å²) in [5.74, 6) is -0.835. The molecule has 0 fully saturated rings. The van der Waals surface area contributed by atoms with Crippen LogP contribution in [0.15, 0.2) is 18.2 Å². The number of benzene rings is 1. The van der Waals surface area contributed by atoms with Gasteiger partial charge in [-0.3, -0.25) is 10.1 Å². The van der Waals surface area contributed by atoms with Crippen molar-refractivity contribution in [1.29, 1.82) is 0 Å². The van der Waals surface area contributed by atoms with Crippen molar-refractivity contribution in [3.63, 3.8) is 0 Å². The third-order valence-corrected chi connectivity index (χ3v) is 3.24. The standard InChI is InChI=1S/C17H25NO4/c1-11-9-12(17(5,6)10-14(19)20)7-8-13(11)18-15(21)22-16(2,3)4/h7-9H,10H2,1-6H3,(H,18,21)(H,19,20). The number of nitrogens with one attached hydrogen (secondary N) is 1. The first-order valence-electron chi connectivity index (χ1n) is 7.24. The van der Waals surface area contributed by atoms with Crippen LogP contribution in [0.4, 0.5) is 10.5 Å². The van der Waals surface area contributed by atoms with E-state index in [0.29, 0.717) is 5.69 Å². The first kappa shape index (κ1) is 18.0. The molecular weight excluding hydrogens is 282 g/mol. The second-order valence-corrected chi connectivity index (χ2v) is 7.11. The van der Waals surface area contributed by atoms with Gasteiger partial charge in [-0.2, -0.15) is 0 Å². The Morgan fingerprint density at radius 1 is 1.18 bits per heavy atom. The van der Waals surface area contributed by atoms with E-state index in [1.807, 2.05) is 32.9 Å². The third-order valence-electron chi connectivity index (χ3n) is 3.24. The quantitative estimate of drug-likeness (QED) is 0.878. The predicted octanol–water partition coefficient (Wildman–Crippen LogP) is 4.09. The monoisotopic (exact) mass is 307 g/mol. The lowest BCUT2D eigenvalue weighted by Gasteiger charge is -2.24. The van der Waals surface area contributed by atoms with E-state index in [1.165, 1.54) is 0 Å². The molecule has 0 spiro atoms. The van der Waals surface area contributed by atoms with E-state index in [4.69, 9.17) is 9.84 Å². The number of aryl methyl sites for hydroxylation is 1. The molecule has 0 saturated heterocycles. The number of anilines is 1. The molecule has 0 aliphatic carbocycles. The normalized spacial score (nSPS) is 11.9. The smallest absolute Gasteiger partial charge is 0.412 e. The van der Waals surface area contributed by atoms with Crippen LogP contribution < -0.4 is 5.32 Å². The SMILES string of the molecule is Cc1cc(C(C)(C)CC(=O)O)ccc1NC(=O)OC(C)(C)C. The Bertz CT molecular complexity index is 571. The van der Waals surface area contributed by atoms with Crippen molar-refractivity contribution in [2.24, 2.45) is 0 Å². The highest BCUT2D eigenvalue weighted by Gasteiger charge is 2.25. The van der Waals surface area contributed by atoms with Crippen LogP contribution in [-0.4, -0.2) is 22.8 Å². The van der Waals surface area contributed by atoms with Crippen molar-refractivity contribution in [1.82, 2.24) is 0 Å². The lowest BCUT2D eigenvalue weighted by molar-refractivity contribution is -0.138. The number of amides is 1. The minimum Gasteiger partial charge on any atom is -0.481 e. The fourth-order valence-electron chi connectivity index (χ4n) is 2.12. The Hall–Kier alpha value is -2.04. The molecule has 2 N–H and O–H groups in total. The van der Waals surface area contributed by atoms with Crippen molar-refractivity contribution in [3.8, 4) is 0 Å². The Morgan fingerprint density at radius 2 is 1.77 bits per heavy atom. The Kier molecular flexibility index (Phi) is 5.22. The summed E-state index contributed by atoms with van der Waals surface area (Å²) in [6.07, 6.45) is -0.459. The van der Waals surface area contributed by atoms with Gasteiger partial charge < -0.3 is 9.84 Å². The molecule has 0 aromatic heterocycles. The first-order chi connectivity index (χ1) is 9.90. The van der Waals surface area contributed by atoms with E-state index in [-0.39, 0.29) is 6.42 Å². The fraction of sp³-hybridized carbons (Fsp3) is 0.529. The van der Waals surface area contributed by atoms with Crippen molar-refractivity contribution in [3.05, 3.63) is 29.3 Å². The predicted molar refractivity (Wildman–Crippen MR) is 86.3 cm³/mol. The van der Waals surface area contributed by atoms with Crippen molar-refractivity contribution < 1.29 is 19.4 Å². The number of carbonyl (C=O) groups is 2. The van der Waals surface area contributed by atoms with Crippen LogP contribution in [0.3, 0.4) is 0 Å². The van der Waals surface area contributed by atoms with E-state index >= 15 is 0 Å². The summed E-state index contributed by atoms with van der Waals surface area (Å²) in [5.41, 5.74) is 1.41. The summed E-state index contributed by atoms with van der Waals surface area (Å²) in [7, 11) is 0. The number of rotatable bonds is 4. The molecule has 0 saturated carbocycles. The van der Waals surface area contributed by atoms with Crippen molar-refractivity contribution in [2.45, 2.75) is 59.0 Å². The minimum atomic E-state index is -0.835. The zero-order valence-corrected chi connectivity index (χ0v) is 14.1. The number of carboxylic acids is 1. The van der Waals surface area contributed by atoms with Crippen molar-refractivity contribution >= 4 is 17.7 Å². The summed E-state index contributed by atoms with van der Waals surface area (Å²) in [6, 6.07) is 5.51. The minimum absolute atomic E-state index is 0.0469. The number of hydrogen-bond donors (Lipinski definition) is 2. The van der Waals surface area contributed by atoms with E-state index in [1.54, 1.807) is 26.8 Å². The molecule has 0 aliphatic rings. The number of carbonyl (C=O) groups excluding carboxylic acids is 1. The largest absolute Gasteiger partial charge is 0.481 e. The molecule has 1 rings (SSSR count). The summed E-state index contributed by atoms with van der Waals surface area (Å²) in [5, 5.41) is 11.7. The Labute approximate surface area is 131 Å². The van der Waals surface area contributed by atoms with Gasteiger partial charge in [0.05, 0.1) is 6.42 Å². The van der Waals surface area contributed by atoms with Gasteiger partial charge in [-0.1, -0.05) is 26.0 Å². The number of ether oxygens (including phenoxy) is 1. The van der Waals surface area contributed by atoms with Gasteiger partial charge in [0.15, 0.2) is 0 Å². The molecule has 0 atom stereocenters. The molecule has 5 nitrogen and oxygen atoms in total. The van der Waals surface area contributed by atoms with Gasteiger partial charge in [-0.25, -0.2) is 4.79 Å². The third kappa shape index (κ3) is 5.39. The zero-order valence-electron chi connectivity index (χ0n) is 14.1. The van der Waals surface area contributed by atoms with Crippen LogP contribution in [0.25, 0.3) is 0 Å². The molecular formula is C17H25NO4. The highest BCUT2D eigenvalue weighted by Crippen LogP contribution is 2.30. The molecule has 1 amide bonds. The fourth-order valence-corrected chi connectivity index (χ4v) is 2.12. The second kappa shape index (κ2) is 6.38. The van der Waals surface area contributed by atoms with Gasteiger partial charge in [0.25, 0.3) is 0 Å². The van der Waals surface area contributed by atoms with Crippen LogP contribution in [0.5, 0.6) is 0 Å². The number of carboxylic acid groups (broad SMARTS) is 1. The van der Waals surface area contributed by atoms with Crippen LogP contribution >= 0.6 is 0 Å². The Balaban J connectivity index is 2.91. The maximum atomic E-state index is 11.8. The van der Waals surface area contributed by atoms with Gasteiger partial charge in [-0.05, 0) is 44.9 Å². The van der Waals surface area contributed by atoms with Gasteiger partial charge in [-0.15, -0.1) is 0 Å². The molecule has 0 radical (unpaired) electrons. The van der Waals surface area contributed by atoms with E-state index in [2.05, 4.69) is 5.32 Å². The first-order valence-corrected chi connectivity index (χ1v) is 7.24. The van der Waals surface area contributed by atoms with Crippen LogP contribution in [-0.2, 0) is 14.9 Å². The summed E-state index contributed by atoms with van der Waals surface area (Å²) < 4.78 is 5.22. The topological polar surface area (TPSA) is 75.6 Å². The van der Waals surface area contributed by atoms with Crippen LogP contribution in [0.1, 0.15) is 52.2 Å². The molecule has 122 valence electrons. The molecule has 0 heterocycles. The summed E-state index contributed by atoms with van der Waals surface area (Å²) in [6.45, 7) is 11.0. The highest BCUT2D eigenvalue weighted by atomic mass is 16.6. The van der Waals surface area contributed by atoms with Gasteiger partial charge in [0, 0.05) is 11.1 Å². The molecule has 22 heavy (non-hydrogen) atoms. The van der Waals surface area contributed by atoms with Crippen molar-refractivity contribution in [2.75, 3.05) is 5.32 Å². The molecule has 0 bridgehead atoms. The number of aliphatic carboxylic acids is 1. The van der Waals surface area contributed by atoms with E-state index < -0.39 is 23.1 Å². The molecule has 1 aromatic rings. The molecule has 5 heteroatoms. The van der Waals surface area contributed by atoms with Crippen LogP contribution in [0, 0.1) is 6.92 Å². The van der Waals surface area contributed by atoms with E-state index in [9.17, 15) is 9.59 Å². The van der Waals surface area contributed by atoms with Gasteiger partial charge in [0.1, 0.15) is 5.60 Å². The molecule has 0 aliphatic heterocycles. The summed E-state index contributed by atoms with van der Waals surface area (Å²) in [4.78, 5) is 22.7. The molecule has 0 unspecified atom stereocenters. The summed E-state index contributed by atoms with van der Waals surface area (Å²) >= 11 is 0. The average molecular weight is 307 g/mol. The average Bonchev–Trinajstić information content (AvgIpc) is 2.27. The van der Waals surface area contributed by atoms with E-state index in [0.717, 1.165) is 11.1 Å². The second-order valence-electron chi connectivity index (χ2n) is 7.11. The number of hydrogen-bond acceptors (Lipinski definition) is 3. The zero-order chi connectivity index (χ0) is 17.1. The molecule has 1 aromatic carbocycles. The van der Waals surface area contributed by atoms with Gasteiger partial charge in [0.2, 0.25) is 0 Å². The lowest BCUT2D eigenvalue weighted by atomic mass is 9.81. The maximum absolute atomic E-state index is 11.8. The van der Waals surface area contributed by atoms with Crippen LogP contribution in [0.2, 0.25) is 0 Å². The highest BCUT2D eigenvalue weighted by molar-refractivity contribution is 5.86. The maximum Gasteiger partial charge on any atom is 0.412 e. The Morgan fingerprint density at radius 3 is 2.23 bits per heavy atom. The lowest BCUT2D eigenvalue weighted by Crippen LogP contribution is -2.27.